The van der Waals surface area contributed by atoms with Crippen LogP contribution in [0.3, 0.4) is 0 Å². The van der Waals surface area contributed by atoms with Gasteiger partial charge in [0.15, 0.2) is 0 Å². The van der Waals surface area contributed by atoms with E-state index in [9.17, 15) is 4.79 Å². The molecule has 0 saturated carbocycles. The number of nitrogens with zero attached hydrogens (tertiary/aromatic N) is 1. The van der Waals surface area contributed by atoms with E-state index in [-0.39, 0.29) is 13.2 Å². The lowest BCUT2D eigenvalue weighted by Gasteiger charge is -2.22. The van der Waals surface area contributed by atoms with Crippen LogP contribution in [0, 0.1) is 11.3 Å². The predicted molar refractivity (Wildman–Crippen MR) is 43.3 cm³/mol. The maximum absolute atomic E-state index is 10.9. The Hall–Kier alpha value is -1.28. The van der Waals surface area contributed by atoms with Crippen LogP contribution in [-0.2, 0) is 0 Å². The Morgan fingerprint density at radius 3 is 2.67 bits per heavy atom. The first-order valence-corrected chi connectivity index (χ1v) is 3.55. The van der Waals surface area contributed by atoms with Crippen molar-refractivity contribution in [1.29, 1.82) is 5.26 Å². The minimum atomic E-state index is -0.653. The van der Waals surface area contributed by atoms with E-state index in [2.05, 4.69) is 10.6 Å². The molecule has 0 heterocycles. The highest BCUT2D eigenvalue weighted by molar-refractivity contribution is 5.74. The van der Waals surface area contributed by atoms with E-state index in [1.54, 1.807) is 19.9 Å². The van der Waals surface area contributed by atoms with Gasteiger partial charge in [-0.15, -0.1) is 0 Å². The van der Waals surface area contributed by atoms with Gasteiger partial charge in [-0.2, -0.15) is 5.26 Å². The Balaban J connectivity index is 3.78. The van der Waals surface area contributed by atoms with E-state index in [0.29, 0.717) is 0 Å². The summed E-state index contributed by atoms with van der Waals surface area (Å²) in [6.45, 7) is 3.18. The average Bonchev–Trinajstić information content (AvgIpc) is 2.00. The quantitative estimate of drug-likeness (QED) is 0.504. The van der Waals surface area contributed by atoms with E-state index in [4.69, 9.17) is 10.4 Å². The minimum Gasteiger partial charge on any atom is -0.394 e. The van der Waals surface area contributed by atoms with Crippen LogP contribution in [-0.4, -0.2) is 29.8 Å². The van der Waals surface area contributed by atoms with Crippen LogP contribution in [0.5, 0.6) is 0 Å². The fourth-order valence-corrected chi connectivity index (χ4v) is 0.511. The first-order valence-electron chi connectivity index (χ1n) is 3.55. The number of hydrogen-bond acceptors (Lipinski definition) is 3. The number of aliphatic hydroxyl groups is 1. The van der Waals surface area contributed by atoms with Gasteiger partial charge in [0, 0.05) is 0 Å². The number of carbonyl (C=O) groups is 1. The molecule has 3 N–H and O–H groups in total. The Kier molecular flexibility index (Phi) is 4.08. The molecule has 5 heteroatoms. The Bertz CT molecular complexity index is 195. The summed E-state index contributed by atoms with van der Waals surface area (Å²) in [6, 6.07) is 1.32. The van der Waals surface area contributed by atoms with Crippen LogP contribution in [0.1, 0.15) is 13.8 Å². The van der Waals surface area contributed by atoms with E-state index in [0.717, 1.165) is 0 Å². The summed E-state index contributed by atoms with van der Waals surface area (Å²) in [5, 5.41) is 21.7. The SMILES string of the molecule is CC(C)(CO)NC(=O)NCC#N. The number of nitrogens with one attached hydrogen (secondary N) is 2. The molecule has 0 saturated heterocycles. The zero-order chi connectivity index (χ0) is 9.61. The molecule has 2 amide bonds. The largest absolute Gasteiger partial charge is 0.394 e. The Morgan fingerprint density at radius 2 is 2.25 bits per heavy atom. The third kappa shape index (κ3) is 4.52. The van der Waals surface area contributed by atoms with Crippen molar-refractivity contribution in [2.75, 3.05) is 13.2 Å². The van der Waals surface area contributed by atoms with Crippen molar-refractivity contribution in [3.8, 4) is 6.07 Å². The summed E-state index contributed by atoms with van der Waals surface area (Å²) in [6.07, 6.45) is 0. The van der Waals surface area contributed by atoms with Crippen molar-refractivity contribution in [3.05, 3.63) is 0 Å². The Morgan fingerprint density at radius 1 is 1.67 bits per heavy atom. The normalized spacial score (nSPS) is 10.2. The molecule has 0 radical (unpaired) electrons. The molecule has 68 valence electrons. The zero-order valence-corrected chi connectivity index (χ0v) is 7.22. The Labute approximate surface area is 71.4 Å². The summed E-state index contributed by atoms with van der Waals surface area (Å²) >= 11 is 0. The van der Waals surface area contributed by atoms with Crippen molar-refractivity contribution < 1.29 is 9.90 Å². The molecule has 0 aliphatic heterocycles. The van der Waals surface area contributed by atoms with E-state index >= 15 is 0 Å². The van der Waals surface area contributed by atoms with Crippen LogP contribution >= 0.6 is 0 Å². The highest BCUT2D eigenvalue weighted by Gasteiger charge is 2.18. The summed E-state index contributed by atoms with van der Waals surface area (Å²) in [5.41, 5.74) is -0.653. The third-order valence-electron chi connectivity index (χ3n) is 1.18. The zero-order valence-electron chi connectivity index (χ0n) is 7.22. The molecule has 0 aliphatic carbocycles. The molecule has 0 aromatic heterocycles. The second-order valence-corrected chi connectivity index (χ2v) is 3.01. The first-order chi connectivity index (χ1) is 5.52. The lowest BCUT2D eigenvalue weighted by atomic mass is 10.1. The van der Waals surface area contributed by atoms with Crippen LogP contribution < -0.4 is 10.6 Å². The third-order valence-corrected chi connectivity index (χ3v) is 1.18. The van der Waals surface area contributed by atoms with Crippen molar-refractivity contribution in [2.24, 2.45) is 0 Å². The summed E-state index contributed by atoms with van der Waals surface area (Å²) < 4.78 is 0. The summed E-state index contributed by atoms with van der Waals surface area (Å²) in [4.78, 5) is 10.9. The van der Waals surface area contributed by atoms with Gasteiger partial charge in [-0.1, -0.05) is 0 Å². The fourth-order valence-electron chi connectivity index (χ4n) is 0.511. The lowest BCUT2D eigenvalue weighted by Crippen LogP contribution is -2.50. The van der Waals surface area contributed by atoms with Crippen LogP contribution in [0.2, 0.25) is 0 Å². The molecule has 0 aliphatic rings. The molecule has 0 spiro atoms. The maximum Gasteiger partial charge on any atom is 0.316 e. The highest BCUT2D eigenvalue weighted by Crippen LogP contribution is 1.98. The van der Waals surface area contributed by atoms with Gasteiger partial charge >= 0.3 is 6.03 Å². The van der Waals surface area contributed by atoms with E-state index < -0.39 is 11.6 Å². The number of aliphatic hydroxyl groups excluding tert-OH is 1. The second-order valence-electron chi connectivity index (χ2n) is 3.01. The van der Waals surface area contributed by atoms with Gasteiger partial charge in [0.25, 0.3) is 0 Å². The monoisotopic (exact) mass is 171 g/mol. The molecule has 0 aromatic rings. The van der Waals surface area contributed by atoms with E-state index in [1.807, 2.05) is 0 Å². The average molecular weight is 171 g/mol. The van der Waals surface area contributed by atoms with Gasteiger partial charge in [0.1, 0.15) is 6.54 Å². The molecule has 0 aromatic carbocycles. The maximum atomic E-state index is 10.9. The van der Waals surface area contributed by atoms with Crippen molar-refractivity contribution in [3.63, 3.8) is 0 Å². The van der Waals surface area contributed by atoms with Crippen molar-refractivity contribution >= 4 is 6.03 Å². The van der Waals surface area contributed by atoms with Crippen molar-refractivity contribution in [1.82, 2.24) is 10.6 Å². The standard InChI is InChI=1S/C7H13N3O2/c1-7(2,5-11)10-6(12)9-4-3-8/h11H,4-5H2,1-2H3,(H2,9,10,12). The number of carbonyl (C=O) groups excluding carboxylic acids is 1. The lowest BCUT2D eigenvalue weighted by molar-refractivity contribution is 0.182. The van der Waals surface area contributed by atoms with Crippen LogP contribution in [0.4, 0.5) is 4.79 Å². The van der Waals surface area contributed by atoms with Gasteiger partial charge in [-0.25, -0.2) is 4.79 Å². The highest BCUT2D eigenvalue weighted by atomic mass is 16.3. The van der Waals surface area contributed by atoms with Gasteiger partial charge in [0.05, 0.1) is 18.2 Å². The van der Waals surface area contributed by atoms with Gasteiger partial charge < -0.3 is 15.7 Å². The number of amides is 2. The molecule has 0 rings (SSSR count). The summed E-state index contributed by atoms with van der Waals surface area (Å²) in [7, 11) is 0. The summed E-state index contributed by atoms with van der Waals surface area (Å²) in [5.74, 6) is 0. The predicted octanol–water partition coefficient (Wildman–Crippen LogP) is -0.420. The van der Waals surface area contributed by atoms with Gasteiger partial charge in [0.2, 0.25) is 0 Å². The molecule has 0 unspecified atom stereocenters. The molecule has 5 nitrogen and oxygen atoms in total. The molecule has 0 fully saturated rings. The fraction of sp³-hybridized carbons (Fsp3) is 0.714. The van der Waals surface area contributed by atoms with Crippen molar-refractivity contribution in [2.45, 2.75) is 19.4 Å². The number of nitriles is 1. The molecule has 12 heavy (non-hydrogen) atoms. The molecular formula is C7H13N3O2. The van der Waals surface area contributed by atoms with Gasteiger partial charge in [-0.05, 0) is 13.8 Å². The van der Waals surface area contributed by atoms with Crippen LogP contribution in [0.15, 0.2) is 0 Å². The topological polar surface area (TPSA) is 85.2 Å². The number of hydrogen-bond donors (Lipinski definition) is 3. The van der Waals surface area contributed by atoms with E-state index in [1.165, 1.54) is 0 Å². The number of urea groups is 1. The first kappa shape index (κ1) is 10.7. The minimum absolute atomic E-state index is 0.0344. The van der Waals surface area contributed by atoms with Gasteiger partial charge in [-0.3, -0.25) is 0 Å². The smallest absolute Gasteiger partial charge is 0.316 e. The molecule has 0 bridgehead atoms. The molecular weight excluding hydrogens is 158 g/mol. The van der Waals surface area contributed by atoms with Crippen LogP contribution in [0.25, 0.3) is 0 Å². The number of rotatable bonds is 3. The second kappa shape index (κ2) is 4.57. The molecule has 0 atom stereocenters.